The van der Waals surface area contributed by atoms with Gasteiger partial charge in [-0.15, -0.1) is 0 Å². The van der Waals surface area contributed by atoms with Crippen LogP contribution in [-0.2, 0) is 16.0 Å². The van der Waals surface area contributed by atoms with Crippen molar-refractivity contribution in [1.82, 2.24) is 10.7 Å². The van der Waals surface area contributed by atoms with Crippen LogP contribution in [0.15, 0.2) is 9.52 Å². The van der Waals surface area contributed by atoms with Gasteiger partial charge in [0.05, 0.1) is 5.71 Å². The van der Waals surface area contributed by atoms with Gasteiger partial charge in [0, 0.05) is 37.8 Å². The number of fused-ring (bicyclic) bond motifs is 1. The average molecular weight is 475 g/mol. The summed E-state index contributed by atoms with van der Waals surface area (Å²) in [4.78, 5) is 23.7. The van der Waals surface area contributed by atoms with E-state index in [1.165, 1.54) is 14.0 Å². The number of ether oxygens (including phenoxy) is 1. The molecule has 0 saturated carbocycles. The first-order valence-electron chi connectivity index (χ1n) is 9.34. The van der Waals surface area contributed by atoms with Crippen LogP contribution >= 0.6 is 0 Å². The molecule has 2 N–H and O–H groups in total. The molecule has 1 heterocycles. The molecule has 2 rings (SSSR count). The monoisotopic (exact) mass is 475 g/mol. The molecule has 1 aromatic heterocycles. The highest BCUT2D eigenvalue weighted by Crippen LogP contribution is 2.46. The second-order valence-electron chi connectivity index (χ2n) is 6.96. The van der Waals surface area contributed by atoms with Crippen molar-refractivity contribution in [3.63, 3.8) is 0 Å². The van der Waals surface area contributed by atoms with Gasteiger partial charge in [0.2, 0.25) is 0 Å². The number of nitrogens with zero attached hydrogens (tertiary/aromatic N) is 1. The highest BCUT2D eigenvalue weighted by Gasteiger charge is 2.76. The van der Waals surface area contributed by atoms with Gasteiger partial charge >= 0.3 is 23.9 Å². The summed E-state index contributed by atoms with van der Waals surface area (Å²) in [6, 6.07) is 0. The van der Waals surface area contributed by atoms with E-state index in [0.29, 0.717) is 25.9 Å². The van der Waals surface area contributed by atoms with E-state index in [1.807, 2.05) is 0 Å². The van der Waals surface area contributed by atoms with Crippen LogP contribution in [0.1, 0.15) is 46.7 Å². The van der Waals surface area contributed by atoms with Crippen molar-refractivity contribution in [1.29, 1.82) is 0 Å². The second kappa shape index (κ2) is 9.46. The molecule has 0 unspecified atom stereocenters. The van der Waals surface area contributed by atoms with Gasteiger partial charge < -0.3 is 14.5 Å². The summed E-state index contributed by atoms with van der Waals surface area (Å²) in [6.45, 7) is 2.14. The SMILES string of the molecule is COCCCNC(=O)c1oc2c(c1C)/C(=N/NC(=O)C(F)(F)C(F)(F)C(F)(F)F)CCC2. The highest BCUT2D eigenvalue weighted by molar-refractivity contribution is 6.06. The lowest BCUT2D eigenvalue weighted by Gasteiger charge is -2.26. The quantitative estimate of drug-likeness (QED) is 0.343. The summed E-state index contributed by atoms with van der Waals surface area (Å²) in [5.41, 5.74) is 1.45. The molecule has 1 aliphatic carbocycles. The number of aryl methyl sites for hydroxylation is 1. The smallest absolute Gasteiger partial charge is 0.455 e. The Morgan fingerprint density at radius 1 is 1.12 bits per heavy atom. The molecule has 0 atom stereocenters. The van der Waals surface area contributed by atoms with Crippen LogP contribution in [0.25, 0.3) is 0 Å². The van der Waals surface area contributed by atoms with Gasteiger partial charge in [0.25, 0.3) is 5.91 Å². The summed E-state index contributed by atoms with van der Waals surface area (Å²) < 4.78 is 100. The third kappa shape index (κ3) is 4.89. The Labute approximate surface area is 177 Å². The molecule has 2 amide bonds. The number of carbonyl (C=O) groups excluding carboxylic acids is 2. The molecule has 7 nitrogen and oxygen atoms in total. The molecule has 0 radical (unpaired) electrons. The molecule has 180 valence electrons. The van der Waals surface area contributed by atoms with E-state index in [1.54, 1.807) is 0 Å². The third-order valence-electron chi connectivity index (χ3n) is 4.67. The Morgan fingerprint density at radius 3 is 2.38 bits per heavy atom. The number of amides is 2. The van der Waals surface area contributed by atoms with Crippen LogP contribution in [0, 0.1) is 6.92 Å². The van der Waals surface area contributed by atoms with Gasteiger partial charge in [-0.3, -0.25) is 9.59 Å². The highest BCUT2D eigenvalue weighted by atomic mass is 19.4. The van der Waals surface area contributed by atoms with Gasteiger partial charge in [-0.1, -0.05) is 0 Å². The fraction of sp³-hybridized carbons (Fsp3) is 0.611. The predicted molar refractivity (Wildman–Crippen MR) is 95.8 cm³/mol. The molecular formula is C18H20F7N3O4. The van der Waals surface area contributed by atoms with E-state index >= 15 is 0 Å². The van der Waals surface area contributed by atoms with E-state index in [9.17, 15) is 40.3 Å². The number of hydrogen-bond acceptors (Lipinski definition) is 5. The lowest BCUT2D eigenvalue weighted by Crippen LogP contribution is -2.58. The maximum absolute atomic E-state index is 13.5. The van der Waals surface area contributed by atoms with Crippen molar-refractivity contribution in [2.75, 3.05) is 20.3 Å². The zero-order chi connectivity index (χ0) is 24.3. The maximum Gasteiger partial charge on any atom is 0.460 e. The third-order valence-corrected chi connectivity index (χ3v) is 4.67. The second-order valence-corrected chi connectivity index (χ2v) is 6.96. The number of methoxy groups -OCH3 is 1. The van der Waals surface area contributed by atoms with Crippen LogP contribution in [0.2, 0.25) is 0 Å². The molecular weight excluding hydrogens is 455 g/mol. The summed E-state index contributed by atoms with van der Waals surface area (Å²) in [5, 5.41) is 5.92. The number of hydrazone groups is 1. The van der Waals surface area contributed by atoms with Gasteiger partial charge in [-0.2, -0.15) is 35.8 Å². The van der Waals surface area contributed by atoms with Crippen molar-refractivity contribution in [3.8, 4) is 0 Å². The minimum atomic E-state index is -6.65. The zero-order valence-electron chi connectivity index (χ0n) is 17.0. The van der Waals surface area contributed by atoms with Crippen LogP contribution in [0.4, 0.5) is 30.7 Å². The summed E-state index contributed by atoms with van der Waals surface area (Å²) in [5.74, 6) is -16.0. The van der Waals surface area contributed by atoms with Crippen molar-refractivity contribution >= 4 is 17.5 Å². The minimum Gasteiger partial charge on any atom is -0.455 e. The number of nitrogens with one attached hydrogen (secondary N) is 2. The Kier molecular flexibility index (Phi) is 7.58. The molecule has 0 spiro atoms. The van der Waals surface area contributed by atoms with Gasteiger partial charge in [-0.05, 0) is 26.2 Å². The minimum absolute atomic E-state index is 0.0732. The average Bonchev–Trinajstić information content (AvgIpc) is 3.05. The predicted octanol–water partition coefficient (Wildman–Crippen LogP) is 3.34. The van der Waals surface area contributed by atoms with Gasteiger partial charge in [0.15, 0.2) is 5.76 Å². The molecule has 1 aromatic rings. The molecule has 0 saturated heterocycles. The Bertz CT molecular complexity index is 894. The molecule has 0 bridgehead atoms. The summed E-state index contributed by atoms with van der Waals surface area (Å²) in [7, 11) is 1.49. The van der Waals surface area contributed by atoms with Crippen LogP contribution in [0.3, 0.4) is 0 Å². The van der Waals surface area contributed by atoms with Crippen molar-refractivity contribution in [2.45, 2.75) is 50.6 Å². The first-order chi connectivity index (χ1) is 14.8. The van der Waals surface area contributed by atoms with Crippen LogP contribution in [-0.4, -0.2) is 55.8 Å². The molecule has 14 heteroatoms. The van der Waals surface area contributed by atoms with Crippen LogP contribution < -0.4 is 10.7 Å². The van der Waals surface area contributed by atoms with Crippen molar-refractivity contribution < 1.29 is 49.5 Å². The van der Waals surface area contributed by atoms with Crippen LogP contribution in [0.5, 0.6) is 0 Å². The standard InChI is InChI=1S/C18H20F7N3O4/c1-9-12-10(27-28-15(30)16(19,20)17(21,22)18(23,24)25)5-3-6-11(12)32-13(9)14(29)26-7-4-8-31-2/h3-8H2,1-2H3,(H,26,29)(H,28,30)/b27-10+. The number of rotatable bonds is 8. The van der Waals surface area contributed by atoms with Crippen molar-refractivity contribution in [2.24, 2.45) is 5.10 Å². The molecule has 1 aliphatic rings. The number of halogens is 7. The number of furan rings is 1. The molecule has 0 fully saturated rings. The summed E-state index contributed by atoms with van der Waals surface area (Å²) in [6.07, 6.45) is -5.37. The van der Waals surface area contributed by atoms with Gasteiger partial charge in [0.1, 0.15) is 5.76 Å². The first-order valence-corrected chi connectivity index (χ1v) is 9.34. The Balaban J connectivity index is 2.23. The largest absolute Gasteiger partial charge is 0.460 e. The first kappa shape index (κ1) is 25.6. The Morgan fingerprint density at radius 2 is 1.78 bits per heavy atom. The number of hydrogen-bond donors (Lipinski definition) is 2. The molecule has 0 aliphatic heterocycles. The fourth-order valence-electron chi connectivity index (χ4n) is 3.00. The number of alkyl halides is 7. The molecule has 0 aromatic carbocycles. The van der Waals surface area contributed by atoms with E-state index in [-0.39, 0.29) is 41.3 Å². The van der Waals surface area contributed by atoms with E-state index in [2.05, 4.69) is 10.4 Å². The zero-order valence-corrected chi connectivity index (χ0v) is 17.0. The fourth-order valence-corrected chi connectivity index (χ4v) is 3.00. The van der Waals surface area contributed by atoms with E-state index in [0.717, 1.165) is 5.43 Å². The summed E-state index contributed by atoms with van der Waals surface area (Å²) >= 11 is 0. The Hall–Kier alpha value is -2.64. The number of carbonyl (C=O) groups is 2. The lowest BCUT2D eigenvalue weighted by molar-refractivity contribution is -0.344. The topological polar surface area (TPSA) is 92.9 Å². The van der Waals surface area contributed by atoms with Gasteiger partial charge in [-0.25, -0.2) is 5.43 Å². The van der Waals surface area contributed by atoms with Crippen molar-refractivity contribution in [3.05, 3.63) is 22.6 Å². The molecule has 32 heavy (non-hydrogen) atoms. The maximum atomic E-state index is 13.5. The van der Waals surface area contributed by atoms with E-state index in [4.69, 9.17) is 9.15 Å². The normalized spacial score (nSPS) is 16.1. The van der Waals surface area contributed by atoms with E-state index < -0.39 is 29.8 Å². The lowest BCUT2D eigenvalue weighted by atomic mass is 9.93.